The molecule has 0 aliphatic carbocycles. The summed E-state index contributed by atoms with van der Waals surface area (Å²) >= 11 is 0. The number of rotatable bonds is 4. The molecule has 0 aliphatic rings. The topological polar surface area (TPSA) is 72.2 Å². The van der Waals surface area contributed by atoms with Gasteiger partial charge in [-0.2, -0.15) is 0 Å². The Labute approximate surface area is 159 Å². The molecule has 0 aliphatic heterocycles. The van der Waals surface area contributed by atoms with E-state index in [0.717, 1.165) is 11.1 Å². The second-order valence-electron chi connectivity index (χ2n) is 6.35. The van der Waals surface area contributed by atoms with Gasteiger partial charge in [0.15, 0.2) is 0 Å². The fraction of sp³-hybridized carbons (Fsp3) is 0.0455. The molecular formula is C22H15FN2O3. The van der Waals surface area contributed by atoms with E-state index in [0.29, 0.717) is 5.69 Å². The molecule has 0 spiro atoms. The van der Waals surface area contributed by atoms with E-state index in [2.05, 4.69) is 4.98 Å². The molecular weight excluding hydrogens is 359 g/mol. The first kappa shape index (κ1) is 17.6. The van der Waals surface area contributed by atoms with Crippen molar-refractivity contribution in [3.63, 3.8) is 0 Å². The zero-order valence-electron chi connectivity index (χ0n) is 14.7. The summed E-state index contributed by atoms with van der Waals surface area (Å²) in [6.07, 6.45) is 2.88. The van der Waals surface area contributed by atoms with Crippen LogP contribution >= 0.6 is 0 Å². The minimum Gasteiger partial charge on any atom is -0.477 e. The third kappa shape index (κ3) is 3.16. The Bertz CT molecular complexity index is 1230. The van der Waals surface area contributed by atoms with Crippen LogP contribution in [0.25, 0.3) is 22.0 Å². The number of carboxylic acids is 1. The monoisotopic (exact) mass is 374 g/mol. The van der Waals surface area contributed by atoms with Crippen molar-refractivity contribution in [3.05, 3.63) is 100 Å². The largest absolute Gasteiger partial charge is 0.477 e. The first-order chi connectivity index (χ1) is 13.5. The summed E-state index contributed by atoms with van der Waals surface area (Å²) in [5.74, 6) is -1.94. The Morgan fingerprint density at radius 2 is 1.79 bits per heavy atom. The lowest BCUT2D eigenvalue weighted by Gasteiger charge is -2.13. The number of hydrogen-bond acceptors (Lipinski definition) is 3. The van der Waals surface area contributed by atoms with Gasteiger partial charge in [0.05, 0.1) is 17.8 Å². The van der Waals surface area contributed by atoms with Gasteiger partial charge in [-0.25, -0.2) is 9.18 Å². The average Bonchev–Trinajstić information content (AvgIpc) is 2.71. The van der Waals surface area contributed by atoms with Gasteiger partial charge in [0.25, 0.3) is 0 Å². The maximum atomic E-state index is 14.4. The molecule has 2 heterocycles. The number of nitrogens with zero attached hydrogens (tertiary/aromatic N) is 2. The fourth-order valence-corrected chi connectivity index (χ4v) is 3.19. The van der Waals surface area contributed by atoms with Gasteiger partial charge in [-0.1, -0.05) is 42.5 Å². The molecule has 0 saturated carbocycles. The minimum absolute atomic E-state index is 0.0285. The summed E-state index contributed by atoms with van der Waals surface area (Å²) in [4.78, 5) is 28.2. The highest BCUT2D eigenvalue weighted by Crippen LogP contribution is 2.20. The second kappa shape index (κ2) is 7.08. The molecule has 28 heavy (non-hydrogen) atoms. The predicted molar refractivity (Wildman–Crippen MR) is 104 cm³/mol. The Morgan fingerprint density at radius 3 is 2.46 bits per heavy atom. The lowest BCUT2D eigenvalue weighted by atomic mass is 10.1. The van der Waals surface area contributed by atoms with E-state index in [1.165, 1.54) is 29.0 Å². The molecule has 138 valence electrons. The molecule has 0 radical (unpaired) electrons. The van der Waals surface area contributed by atoms with Crippen molar-refractivity contribution in [3.8, 4) is 11.1 Å². The van der Waals surface area contributed by atoms with E-state index in [1.54, 1.807) is 12.3 Å². The average molecular weight is 374 g/mol. The fourth-order valence-electron chi connectivity index (χ4n) is 3.19. The van der Waals surface area contributed by atoms with Crippen molar-refractivity contribution in [2.24, 2.45) is 0 Å². The van der Waals surface area contributed by atoms with Crippen LogP contribution in [-0.2, 0) is 6.54 Å². The van der Waals surface area contributed by atoms with Gasteiger partial charge in [-0.3, -0.25) is 9.78 Å². The van der Waals surface area contributed by atoms with Gasteiger partial charge >= 0.3 is 5.97 Å². The van der Waals surface area contributed by atoms with E-state index in [4.69, 9.17) is 0 Å². The number of benzene rings is 2. The van der Waals surface area contributed by atoms with Crippen LogP contribution in [0.5, 0.6) is 0 Å². The molecule has 0 saturated heterocycles. The Hall–Kier alpha value is -3.80. The molecule has 4 rings (SSSR count). The van der Waals surface area contributed by atoms with Crippen molar-refractivity contribution < 1.29 is 14.3 Å². The van der Waals surface area contributed by atoms with Crippen LogP contribution in [0.2, 0.25) is 0 Å². The molecule has 0 fully saturated rings. The van der Waals surface area contributed by atoms with Crippen LogP contribution in [0, 0.1) is 5.82 Å². The van der Waals surface area contributed by atoms with Crippen molar-refractivity contribution >= 4 is 16.9 Å². The summed E-state index contributed by atoms with van der Waals surface area (Å²) in [6.45, 7) is 0.132. The van der Waals surface area contributed by atoms with Crippen LogP contribution in [0.15, 0.2) is 77.9 Å². The highest BCUT2D eigenvalue weighted by Gasteiger charge is 2.17. The van der Waals surface area contributed by atoms with Gasteiger partial charge in [0, 0.05) is 23.3 Å². The van der Waals surface area contributed by atoms with Crippen molar-refractivity contribution in [2.45, 2.75) is 6.54 Å². The standard InChI is InChI=1S/C22H15FN2O3/c23-19-8-4-7-17-20(19)25(13-18(21(17)26)22(27)28)12-16-10-9-15(11-24-16)14-5-2-1-3-6-14/h1-11,13H,12H2,(H,27,28). The molecule has 5 nitrogen and oxygen atoms in total. The van der Waals surface area contributed by atoms with Crippen LogP contribution < -0.4 is 5.43 Å². The van der Waals surface area contributed by atoms with E-state index in [9.17, 15) is 19.1 Å². The van der Waals surface area contributed by atoms with Gasteiger partial charge < -0.3 is 9.67 Å². The molecule has 4 aromatic rings. The summed E-state index contributed by atoms with van der Waals surface area (Å²) in [7, 11) is 0. The number of aromatic nitrogens is 2. The zero-order valence-corrected chi connectivity index (χ0v) is 14.7. The first-order valence-electron chi connectivity index (χ1n) is 8.60. The van der Waals surface area contributed by atoms with Crippen LogP contribution in [-0.4, -0.2) is 20.6 Å². The minimum atomic E-state index is -1.35. The Morgan fingerprint density at radius 1 is 1.00 bits per heavy atom. The number of hydrogen-bond donors (Lipinski definition) is 1. The molecule has 0 unspecified atom stereocenters. The summed E-state index contributed by atoms with van der Waals surface area (Å²) in [5, 5.41) is 9.35. The Balaban J connectivity index is 1.78. The van der Waals surface area contributed by atoms with Crippen LogP contribution in [0.1, 0.15) is 16.1 Å². The summed E-state index contributed by atoms with van der Waals surface area (Å²) < 4.78 is 15.8. The lowest BCUT2D eigenvalue weighted by molar-refractivity contribution is 0.0695. The van der Waals surface area contributed by atoms with Crippen molar-refractivity contribution in [2.75, 3.05) is 0 Å². The van der Waals surface area contributed by atoms with Crippen LogP contribution in [0.3, 0.4) is 0 Å². The third-order valence-electron chi connectivity index (χ3n) is 4.54. The van der Waals surface area contributed by atoms with E-state index < -0.39 is 22.8 Å². The summed E-state index contributed by atoms with van der Waals surface area (Å²) in [6, 6.07) is 17.5. The molecule has 2 aromatic heterocycles. The highest BCUT2D eigenvalue weighted by atomic mass is 19.1. The van der Waals surface area contributed by atoms with Crippen molar-refractivity contribution in [1.29, 1.82) is 0 Å². The van der Waals surface area contributed by atoms with Gasteiger partial charge in [-0.05, 0) is 23.8 Å². The molecule has 0 bridgehead atoms. The van der Waals surface area contributed by atoms with Crippen LogP contribution in [0.4, 0.5) is 4.39 Å². The van der Waals surface area contributed by atoms with E-state index in [-0.39, 0.29) is 17.4 Å². The normalized spacial score (nSPS) is 10.9. The predicted octanol–water partition coefficient (Wildman–Crippen LogP) is 3.95. The number of para-hydroxylation sites is 1. The van der Waals surface area contributed by atoms with Gasteiger partial charge in [-0.15, -0.1) is 0 Å². The maximum absolute atomic E-state index is 14.4. The lowest BCUT2D eigenvalue weighted by Crippen LogP contribution is -2.20. The SMILES string of the molecule is O=C(O)c1cn(Cc2ccc(-c3ccccc3)cn2)c2c(F)cccc2c1=O. The second-order valence-corrected chi connectivity index (χ2v) is 6.35. The summed E-state index contributed by atoms with van der Waals surface area (Å²) in [5.41, 5.74) is 1.53. The first-order valence-corrected chi connectivity index (χ1v) is 8.60. The van der Waals surface area contributed by atoms with Crippen molar-refractivity contribution in [1.82, 2.24) is 9.55 Å². The highest BCUT2D eigenvalue weighted by molar-refractivity contribution is 5.92. The zero-order chi connectivity index (χ0) is 19.7. The number of carbonyl (C=O) groups is 1. The number of fused-ring (bicyclic) bond motifs is 1. The third-order valence-corrected chi connectivity index (χ3v) is 4.54. The van der Waals surface area contributed by atoms with Gasteiger partial charge in [0.2, 0.25) is 5.43 Å². The number of halogens is 1. The molecule has 0 amide bonds. The number of carboxylic acid groups (broad SMARTS) is 1. The molecule has 6 heteroatoms. The molecule has 2 aromatic carbocycles. The molecule has 1 N–H and O–H groups in total. The Kier molecular flexibility index (Phi) is 4.45. The smallest absolute Gasteiger partial charge is 0.341 e. The quantitative estimate of drug-likeness (QED) is 0.587. The maximum Gasteiger partial charge on any atom is 0.341 e. The molecule has 0 atom stereocenters. The number of aromatic carboxylic acids is 1. The van der Waals surface area contributed by atoms with E-state index >= 15 is 0 Å². The van der Waals surface area contributed by atoms with E-state index in [1.807, 2.05) is 36.4 Å². The van der Waals surface area contributed by atoms with Gasteiger partial charge in [0.1, 0.15) is 11.4 Å². The number of pyridine rings is 2.